The SMILES string of the molecule is CC(C)(C)c1cc(C(F)(F)F)cc(OC(N)=O)c1C=O. The summed E-state index contributed by atoms with van der Waals surface area (Å²) in [5, 5.41) is 0. The number of hydrogen-bond acceptors (Lipinski definition) is 3. The lowest BCUT2D eigenvalue weighted by Gasteiger charge is -2.24. The Hall–Kier alpha value is -2.05. The Labute approximate surface area is 113 Å². The molecule has 0 fully saturated rings. The van der Waals surface area contributed by atoms with Crippen LogP contribution in [0.2, 0.25) is 0 Å². The number of carbonyl (C=O) groups is 2. The molecule has 2 N–H and O–H groups in total. The molecule has 0 radical (unpaired) electrons. The third-order valence-electron chi connectivity index (χ3n) is 2.61. The third-order valence-corrected chi connectivity index (χ3v) is 2.61. The first-order valence-electron chi connectivity index (χ1n) is 5.65. The van der Waals surface area contributed by atoms with Gasteiger partial charge in [-0.2, -0.15) is 13.2 Å². The maximum absolute atomic E-state index is 12.8. The standard InChI is InChI=1S/C13H14F3NO3/c1-12(2,3)9-4-7(13(14,15)16)5-10(8(9)6-18)20-11(17)19/h4-6H,1-3H3,(H2,17,19). The maximum Gasteiger partial charge on any atom is 0.416 e. The van der Waals surface area contributed by atoms with Crippen molar-refractivity contribution in [1.82, 2.24) is 0 Å². The van der Waals surface area contributed by atoms with Gasteiger partial charge in [-0.3, -0.25) is 4.79 Å². The smallest absolute Gasteiger partial charge is 0.410 e. The van der Waals surface area contributed by atoms with E-state index in [2.05, 4.69) is 4.74 Å². The topological polar surface area (TPSA) is 69.4 Å². The van der Waals surface area contributed by atoms with Crippen LogP contribution in [0.1, 0.15) is 42.3 Å². The van der Waals surface area contributed by atoms with Crippen molar-refractivity contribution in [3.63, 3.8) is 0 Å². The Kier molecular flexibility index (Phi) is 4.12. The molecule has 0 saturated heterocycles. The largest absolute Gasteiger partial charge is 0.416 e. The third kappa shape index (κ3) is 3.49. The molecule has 0 aliphatic rings. The summed E-state index contributed by atoms with van der Waals surface area (Å²) in [4.78, 5) is 21.9. The van der Waals surface area contributed by atoms with Crippen LogP contribution in [0.25, 0.3) is 0 Å². The lowest BCUT2D eigenvalue weighted by molar-refractivity contribution is -0.137. The minimum Gasteiger partial charge on any atom is -0.410 e. The second-order valence-electron chi connectivity index (χ2n) is 5.22. The highest BCUT2D eigenvalue weighted by atomic mass is 19.4. The van der Waals surface area contributed by atoms with Crippen molar-refractivity contribution in [2.45, 2.75) is 32.4 Å². The van der Waals surface area contributed by atoms with E-state index in [1.807, 2.05) is 0 Å². The van der Waals surface area contributed by atoms with E-state index in [0.29, 0.717) is 12.4 Å². The van der Waals surface area contributed by atoms with E-state index in [1.54, 1.807) is 20.8 Å². The molecule has 1 aromatic carbocycles. The molecule has 7 heteroatoms. The monoisotopic (exact) mass is 289 g/mol. The first-order chi connectivity index (χ1) is 8.96. The molecule has 0 spiro atoms. The van der Waals surface area contributed by atoms with Crippen molar-refractivity contribution in [2.75, 3.05) is 0 Å². The zero-order chi connectivity index (χ0) is 15.7. The molecule has 20 heavy (non-hydrogen) atoms. The van der Waals surface area contributed by atoms with E-state index in [1.165, 1.54) is 0 Å². The van der Waals surface area contributed by atoms with Crippen molar-refractivity contribution >= 4 is 12.4 Å². The normalized spacial score (nSPS) is 12.1. The highest BCUT2D eigenvalue weighted by molar-refractivity contribution is 5.84. The first-order valence-corrected chi connectivity index (χ1v) is 5.65. The Morgan fingerprint density at radius 3 is 2.15 bits per heavy atom. The van der Waals surface area contributed by atoms with Crippen molar-refractivity contribution in [3.8, 4) is 5.75 Å². The fraction of sp³-hybridized carbons (Fsp3) is 0.385. The molecule has 4 nitrogen and oxygen atoms in total. The Bertz CT molecular complexity index is 545. The molecular weight excluding hydrogens is 275 g/mol. The van der Waals surface area contributed by atoms with Gasteiger partial charge in [0.1, 0.15) is 5.75 Å². The van der Waals surface area contributed by atoms with Gasteiger partial charge in [0.15, 0.2) is 6.29 Å². The van der Waals surface area contributed by atoms with Crippen molar-refractivity contribution < 1.29 is 27.5 Å². The van der Waals surface area contributed by atoms with Crippen LogP contribution in [-0.2, 0) is 11.6 Å². The number of carbonyl (C=O) groups excluding carboxylic acids is 2. The van der Waals surface area contributed by atoms with E-state index in [0.717, 1.165) is 6.07 Å². The van der Waals surface area contributed by atoms with Crippen molar-refractivity contribution in [2.24, 2.45) is 5.73 Å². The number of aldehydes is 1. The van der Waals surface area contributed by atoms with Crippen molar-refractivity contribution in [3.05, 3.63) is 28.8 Å². The van der Waals surface area contributed by atoms with Gasteiger partial charge in [-0.05, 0) is 23.1 Å². The van der Waals surface area contributed by atoms with Gasteiger partial charge in [0, 0.05) is 0 Å². The Balaban J connectivity index is 3.64. The van der Waals surface area contributed by atoms with Crippen molar-refractivity contribution in [1.29, 1.82) is 0 Å². The van der Waals surface area contributed by atoms with Crippen LogP contribution in [0.3, 0.4) is 0 Å². The minimum atomic E-state index is -4.63. The number of alkyl halides is 3. The number of benzene rings is 1. The zero-order valence-corrected chi connectivity index (χ0v) is 11.2. The number of rotatable bonds is 2. The van der Waals surface area contributed by atoms with Crippen LogP contribution >= 0.6 is 0 Å². The van der Waals surface area contributed by atoms with Gasteiger partial charge >= 0.3 is 12.3 Å². The lowest BCUT2D eigenvalue weighted by Crippen LogP contribution is -2.21. The predicted molar refractivity (Wildman–Crippen MR) is 65.7 cm³/mol. The van der Waals surface area contributed by atoms with Crippen LogP contribution in [-0.4, -0.2) is 12.4 Å². The molecule has 0 bridgehead atoms. The van der Waals surface area contributed by atoms with E-state index < -0.39 is 29.0 Å². The van der Waals surface area contributed by atoms with Gasteiger partial charge in [-0.15, -0.1) is 0 Å². The fourth-order valence-electron chi connectivity index (χ4n) is 1.73. The van der Waals surface area contributed by atoms with Crippen LogP contribution in [0.15, 0.2) is 12.1 Å². The summed E-state index contributed by atoms with van der Waals surface area (Å²) < 4.78 is 43.1. The van der Waals surface area contributed by atoms with Crippen LogP contribution in [0, 0.1) is 0 Å². The molecule has 1 rings (SSSR count). The number of amides is 1. The summed E-state index contributed by atoms with van der Waals surface area (Å²) in [6.45, 7) is 4.93. The van der Waals surface area contributed by atoms with Crippen LogP contribution in [0.5, 0.6) is 5.75 Å². The Morgan fingerprint density at radius 2 is 1.80 bits per heavy atom. The van der Waals surface area contributed by atoms with E-state index in [4.69, 9.17) is 5.73 Å². The van der Waals surface area contributed by atoms with Crippen LogP contribution < -0.4 is 10.5 Å². The summed E-state index contributed by atoms with van der Waals surface area (Å²) in [7, 11) is 0. The number of halogens is 3. The molecule has 0 atom stereocenters. The molecule has 0 aliphatic carbocycles. The molecule has 0 heterocycles. The highest BCUT2D eigenvalue weighted by Crippen LogP contribution is 2.38. The van der Waals surface area contributed by atoms with Gasteiger partial charge in [-0.1, -0.05) is 20.8 Å². The molecule has 1 amide bonds. The molecule has 0 aromatic heterocycles. The summed E-state index contributed by atoms with van der Waals surface area (Å²) in [6, 6.07) is 1.46. The molecule has 110 valence electrons. The molecule has 0 aliphatic heterocycles. The second-order valence-corrected chi connectivity index (χ2v) is 5.22. The molecular formula is C13H14F3NO3. The number of nitrogens with two attached hydrogens (primary N) is 1. The summed E-state index contributed by atoms with van der Waals surface area (Å²) in [5.41, 5.74) is 3.06. The zero-order valence-electron chi connectivity index (χ0n) is 11.2. The number of primary amides is 1. The van der Waals surface area contributed by atoms with Crippen LogP contribution in [0.4, 0.5) is 18.0 Å². The molecule has 0 unspecified atom stereocenters. The quantitative estimate of drug-likeness (QED) is 0.849. The average molecular weight is 289 g/mol. The Morgan fingerprint density at radius 1 is 1.25 bits per heavy atom. The fourth-order valence-corrected chi connectivity index (χ4v) is 1.73. The highest BCUT2D eigenvalue weighted by Gasteiger charge is 2.34. The van der Waals surface area contributed by atoms with Gasteiger partial charge in [0.05, 0.1) is 11.1 Å². The van der Waals surface area contributed by atoms with Gasteiger partial charge < -0.3 is 10.5 Å². The van der Waals surface area contributed by atoms with E-state index in [-0.39, 0.29) is 11.1 Å². The van der Waals surface area contributed by atoms with Gasteiger partial charge in [-0.25, -0.2) is 4.79 Å². The maximum atomic E-state index is 12.8. The van der Waals surface area contributed by atoms with Gasteiger partial charge in [0.2, 0.25) is 0 Å². The summed E-state index contributed by atoms with van der Waals surface area (Å²) in [5.74, 6) is -0.493. The van der Waals surface area contributed by atoms with Gasteiger partial charge in [0.25, 0.3) is 0 Å². The predicted octanol–water partition coefficient (Wildman–Crippen LogP) is 3.27. The first kappa shape index (κ1) is 16.0. The summed E-state index contributed by atoms with van der Waals surface area (Å²) >= 11 is 0. The lowest BCUT2D eigenvalue weighted by atomic mass is 9.82. The molecule has 0 saturated carbocycles. The molecule has 1 aromatic rings. The number of ether oxygens (including phenoxy) is 1. The second kappa shape index (κ2) is 5.15. The number of hydrogen-bond donors (Lipinski definition) is 1. The van der Waals surface area contributed by atoms with E-state index in [9.17, 15) is 22.8 Å². The minimum absolute atomic E-state index is 0.121. The average Bonchev–Trinajstić information content (AvgIpc) is 2.24. The van der Waals surface area contributed by atoms with E-state index >= 15 is 0 Å². The summed E-state index contributed by atoms with van der Waals surface area (Å²) in [6.07, 6.45) is -5.57.